The van der Waals surface area contributed by atoms with Gasteiger partial charge in [0.05, 0.1) is 0 Å². The van der Waals surface area contributed by atoms with E-state index in [0.29, 0.717) is 0 Å². The molecule has 0 radical (unpaired) electrons. The first kappa shape index (κ1) is 14.5. The molecule has 4 heterocycles. The van der Waals surface area contributed by atoms with Crippen LogP contribution in [0.5, 0.6) is 0 Å². The van der Waals surface area contributed by atoms with Gasteiger partial charge in [0.25, 0.3) is 0 Å². The molecule has 2 aliphatic heterocycles. The van der Waals surface area contributed by atoms with Gasteiger partial charge in [0.15, 0.2) is 0 Å². The Balaban J connectivity index is 2.05. The Labute approximate surface area is 152 Å². The fourth-order valence-corrected chi connectivity index (χ4v) is 23.3. The topological polar surface area (TPSA) is 12.1 Å². The van der Waals surface area contributed by atoms with Crippen molar-refractivity contribution in [3.63, 3.8) is 0 Å². The summed E-state index contributed by atoms with van der Waals surface area (Å²) in [7, 11) is 0. The van der Waals surface area contributed by atoms with Gasteiger partial charge in [0, 0.05) is 0 Å². The standard InChI is InChI=1S/C17H14N3S3Si/c21-14-18-24(15-8-2-1-3-9-15,19-12-6-4-10-16(19)22-24)20-13-7-5-11-17(20)23-24/h1-13,21H/q+1/p-1. The molecule has 7 heteroatoms. The van der Waals surface area contributed by atoms with Crippen LogP contribution in [0.1, 0.15) is 0 Å². The van der Waals surface area contributed by atoms with E-state index in [1.807, 2.05) is 28.5 Å². The molecule has 2 aromatic heterocycles. The van der Waals surface area contributed by atoms with Crippen LogP contribution in [0.15, 0.2) is 89.2 Å². The molecule has 3 aromatic rings. The number of aromatic nitrogens is 2. The van der Waals surface area contributed by atoms with Crippen molar-refractivity contribution >= 4 is 45.6 Å². The van der Waals surface area contributed by atoms with E-state index in [-0.39, 0.29) is 0 Å². The monoisotopic (exact) mass is 383 g/mol. The van der Waals surface area contributed by atoms with Crippen molar-refractivity contribution in [1.29, 1.82) is 0 Å². The van der Waals surface area contributed by atoms with E-state index in [4.69, 9.17) is 17.1 Å². The van der Waals surface area contributed by atoms with Crippen molar-refractivity contribution in [3.05, 3.63) is 83.6 Å². The molecule has 1 spiro atoms. The van der Waals surface area contributed by atoms with Gasteiger partial charge in [-0.1, -0.05) is 0 Å². The van der Waals surface area contributed by atoms with Crippen molar-refractivity contribution < 1.29 is 8.47 Å². The fraction of sp³-hybridized carbons (Fsp3) is 0. The summed E-state index contributed by atoms with van der Waals surface area (Å²) in [5.74, 6) is 0. The van der Waals surface area contributed by atoms with Crippen molar-refractivity contribution in [2.45, 2.75) is 10.1 Å². The number of rotatable bonds is 1. The van der Waals surface area contributed by atoms with Crippen LogP contribution >= 0.6 is 22.4 Å². The second-order valence-corrected chi connectivity index (χ2v) is 19.9. The Bertz CT molecular complexity index is 1040. The average Bonchev–Trinajstić information content (AvgIpc) is 2.60. The Morgan fingerprint density at radius 3 is 1.83 bits per heavy atom. The third-order valence-electron chi connectivity index (χ3n) is 5.07. The van der Waals surface area contributed by atoms with Gasteiger partial charge < -0.3 is 0 Å². The van der Waals surface area contributed by atoms with Crippen LogP contribution < -0.4 is 13.7 Å². The first-order chi connectivity index (χ1) is 11.7. The molecule has 5 rings (SSSR count). The maximum atomic E-state index is 5.17. The molecular formula is C17H13N3S3Si. The van der Waals surface area contributed by atoms with Gasteiger partial charge in [-0.2, -0.15) is 0 Å². The van der Waals surface area contributed by atoms with E-state index in [1.165, 1.54) is 15.2 Å². The maximum absolute atomic E-state index is 5.17. The third-order valence-corrected chi connectivity index (χ3v) is 22.6. The van der Waals surface area contributed by atoms with E-state index in [0.717, 1.165) is 0 Å². The molecule has 0 saturated carbocycles. The molecule has 0 fully saturated rings. The molecule has 0 amide bonds. The van der Waals surface area contributed by atoms with Gasteiger partial charge in [-0.25, -0.2) is 0 Å². The minimum atomic E-state index is -4.06. The number of benzene rings is 1. The van der Waals surface area contributed by atoms with E-state index in [2.05, 4.69) is 86.9 Å². The number of pyridine rings is 2. The van der Waals surface area contributed by atoms with Crippen LogP contribution in [0, 0.1) is 5.40 Å². The fourth-order valence-electron chi connectivity index (χ4n) is 4.08. The predicted octanol–water partition coefficient (Wildman–Crippen LogP) is 2.45. The molecule has 2 aliphatic rings. The minimum absolute atomic E-state index is 1.20. The van der Waals surface area contributed by atoms with E-state index in [9.17, 15) is 0 Å². The summed E-state index contributed by atoms with van der Waals surface area (Å²) in [4.78, 5) is 0. The Hall–Kier alpha value is -1.85. The zero-order valence-corrected chi connectivity index (χ0v) is 16.0. The van der Waals surface area contributed by atoms with Crippen molar-refractivity contribution in [2.24, 2.45) is 0 Å². The summed E-state index contributed by atoms with van der Waals surface area (Å²) in [6.07, 6.45) is 4.27. The van der Waals surface area contributed by atoms with Gasteiger partial charge in [-0.3, -0.25) is 0 Å². The van der Waals surface area contributed by atoms with Crippen LogP contribution in [0.4, 0.5) is 0 Å². The van der Waals surface area contributed by atoms with Gasteiger partial charge in [0.2, 0.25) is 0 Å². The summed E-state index contributed by atoms with van der Waals surface area (Å²) in [6, 6.07) is 23.1. The number of nitrogens with zero attached hydrogens (tertiary/aromatic N) is 3. The number of hydrogen-bond acceptors (Lipinski definition) is 3. The van der Waals surface area contributed by atoms with Crippen molar-refractivity contribution in [2.75, 3.05) is 0 Å². The number of hydrogen-bond donors (Lipinski definition) is 0. The molecule has 0 N–H and O–H groups in total. The van der Waals surface area contributed by atoms with Crippen LogP contribution in [-0.2, 0) is 12.6 Å². The van der Waals surface area contributed by atoms with Crippen molar-refractivity contribution in [3.8, 4) is 5.40 Å². The van der Waals surface area contributed by atoms with Crippen LogP contribution in [0.2, 0.25) is 0 Å². The quantitative estimate of drug-likeness (QED) is 0.364. The zero-order valence-electron chi connectivity index (χ0n) is 12.6. The third kappa shape index (κ3) is 1.21. The Morgan fingerprint density at radius 2 is 1.33 bits per heavy atom. The SMILES string of the molecule is [S-]C#[N+][Si-2]12(c3ccccc3)(Sc3cccc[n+]31)Sc1cccc[n+]12. The normalized spacial score (nSPS) is 22.5. The second-order valence-electron chi connectivity index (χ2n) is 6.06. The summed E-state index contributed by atoms with van der Waals surface area (Å²) in [5.41, 5.74) is -4.06. The summed E-state index contributed by atoms with van der Waals surface area (Å²) >= 11 is 8.87. The first-order valence-corrected chi connectivity index (χ1v) is 13.9. The molecule has 0 saturated heterocycles. The number of fused-ring (bicyclic) bond motifs is 4. The molecule has 0 unspecified atom stereocenters. The second kappa shape index (κ2) is 4.21. The molecule has 0 aliphatic carbocycles. The van der Waals surface area contributed by atoms with Crippen LogP contribution in [-0.4, -0.2) is 5.41 Å². The van der Waals surface area contributed by atoms with Gasteiger partial charge >= 0.3 is 153 Å². The average molecular weight is 384 g/mol. The van der Waals surface area contributed by atoms with Crippen molar-refractivity contribution in [1.82, 2.24) is 0 Å². The van der Waals surface area contributed by atoms with E-state index >= 15 is 0 Å². The summed E-state index contributed by atoms with van der Waals surface area (Å²) in [5, 5.41) is 6.38. The van der Waals surface area contributed by atoms with Gasteiger partial charge in [-0.05, 0) is 0 Å². The number of thiocyanates is 1. The first-order valence-electron chi connectivity index (χ1n) is 7.62. The van der Waals surface area contributed by atoms with Gasteiger partial charge in [-0.15, -0.1) is 0 Å². The Morgan fingerprint density at radius 1 is 0.792 bits per heavy atom. The summed E-state index contributed by atoms with van der Waals surface area (Å²) < 4.78 is 9.76. The molecule has 0 atom stereocenters. The molecular weight excluding hydrogens is 370 g/mol. The van der Waals surface area contributed by atoms with Crippen LogP contribution in [0.3, 0.4) is 0 Å². The Kier molecular flexibility index (Phi) is 2.54. The predicted molar refractivity (Wildman–Crippen MR) is 102 cm³/mol. The molecule has 3 nitrogen and oxygen atoms in total. The zero-order chi connectivity index (χ0) is 16.3. The molecule has 0 bridgehead atoms. The van der Waals surface area contributed by atoms with Gasteiger partial charge in [0.1, 0.15) is 0 Å². The molecule has 1 aromatic carbocycles. The van der Waals surface area contributed by atoms with E-state index < -0.39 is 5.41 Å². The molecule has 118 valence electrons. The summed E-state index contributed by atoms with van der Waals surface area (Å²) in [6.45, 7) is 0. The van der Waals surface area contributed by atoms with E-state index in [1.54, 1.807) is 0 Å². The van der Waals surface area contributed by atoms with Crippen LogP contribution in [0.25, 0.3) is 4.51 Å². The molecule has 24 heavy (non-hydrogen) atoms.